The predicted octanol–water partition coefficient (Wildman–Crippen LogP) is 1.80. The first-order valence-corrected chi connectivity index (χ1v) is 9.77. The van der Waals surface area contributed by atoms with Crippen molar-refractivity contribution < 1.29 is 9.90 Å². The first kappa shape index (κ1) is 19.2. The second kappa shape index (κ2) is 8.93. The Labute approximate surface area is 169 Å². The highest BCUT2D eigenvalue weighted by molar-refractivity contribution is 5.92. The molecule has 1 fully saturated rings. The quantitative estimate of drug-likeness (QED) is 0.664. The molecule has 0 radical (unpaired) electrons. The number of aromatic nitrogens is 4. The standard InChI is InChI=1S/C21H24N6O2/c28-20-9-11-26(12-10-20)14-17-1-5-18(6-2-17)23-21(29)13-16-3-7-19(8-4-16)27-15-22-24-25-27/h1-8,15,20,28H,9-14H2,(H,23,29). The minimum atomic E-state index is -0.153. The SMILES string of the molecule is O=C(Cc1ccc(-n2cnnn2)cc1)Nc1ccc(CN2CCC(O)CC2)cc1. The summed E-state index contributed by atoms with van der Waals surface area (Å²) in [7, 11) is 0. The maximum Gasteiger partial charge on any atom is 0.228 e. The third kappa shape index (κ3) is 5.24. The van der Waals surface area contributed by atoms with Gasteiger partial charge >= 0.3 is 0 Å². The summed E-state index contributed by atoms with van der Waals surface area (Å²) in [5.74, 6) is -0.0575. The number of likely N-dealkylation sites (tertiary alicyclic amines) is 1. The molecular weight excluding hydrogens is 368 g/mol. The van der Waals surface area contributed by atoms with Crippen molar-refractivity contribution in [2.24, 2.45) is 0 Å². The molecule has 3 aromatic rings. The van der Waals surface area contributed by atoms with Crippen LogP contribution in [-0.2, 0) is 17.8 Å². The van der Waals surface area contributed by atoms with E-state index in [1.54, 1.807) is 4.68 Å². The first-order chi connectivity index (χ1) is 14.2. The molecule has 4 rings (SSSR count). The van der Waals surface area contributed by atoms with Gasteiger partial charge in [0.15, 0.2) is 0 Å². The molecule has 1 aliphatic heterocycles. The average molecular weight is 392 g/mol. The largest absolute Gasteiger partial charge is 0.393 e. The van der Waals surface area contributed by atoms with Crippen LogP contribution in [0.25, 0.3) is 5.69 Å². The van der Waals surface area contributed by atoms with Crippen molar-refractivity contribution >= 4 is 11.6 Å². The zero-order chi connectivity index (χ0) is 20.1. The number of aliphatic hydroxyl groups excluding tert-OH is 1. The van der Waals surface area contributed by atoms with E-state index in [-0.39, 0.29) is 12.0 Å². The Hall–Kier alpha value is -3.10. The summed E-state index contributed by atoms with van der Waals surface area (Å²) >= 11 is 0. The molecule has 2 heterocycles. The number of carbonyl (C=O) groups excluding carboxylic acids is 1. The summed E-state index contributed by atoms with van der Waals surface area (Å²) in [6.45, 7) is 2.71. The van der Waals surface area contributed by atoms with Crippen LogP contribution in [0.5, 0.6) is 0 Å². The van der Waals surface area contributed by atoms with E-state index in [2.05, 4.69) is 25.7 Å². The van der Waals surface area contributed by atoms with E-state index in [9.17, 15) is 9.90 Å². The minimum absolute atomic E-state index is 0.0575. The van der Waals surface area contributed by atoms with Gasteiger partial charge in [-0.2, -0.15) is 0 Å². The molecular formula is C21H24N6O2. The molecule has 1 aromatic heterocycles. The molecule has 0 aliphatic carbocycles. The lowest BCUT2D eigenvalue weighted by Gasteiger charge is -2.29. The Morgan fingerprint density at radius 3 is 2.38 bits per heavy atom. The molecule has 150 valence electrons. The number of carbonyl (C=O) groups is 1. The van der Waals surface area contributed by atoms with E-state index in [0.29, 0.717) is 6.42 Å². The zero-order valence-corrected chi connectivity index (χ0v) is 16.1. The molecule has 0 bridgehead atoms. The summed E-state index contributed by atoms with van der Waals surface area (Å²) in [4.78, 5) is 14.7. The highest BCUT2D eigenvalue weighted by Crippen LogP contribution is 2.16. The van der Waals surface area contributed by atoms with E-state index >= 15 is 0 Å². The Kier molecular flexibility index (Phi) is 5.92. The van der Waals surface area contributed by atoms with Crippen LogP contribution in [0, 0.1) is 0 Å². The average Bonchev–Trinajstić information content (AvgIpc) is 3.27. The lowest BCUT2D eigenvalue weighted by Crippen LogP contribution is -2.35. The topological polar surface area (TPSA) is 96.2 Å². The van der Waals surface area contributed by atoms with Crippen LogP contribution in [0.2, 0.25) is 0 Å². The molecule has 8 heteroatoms. The van der Waals surface area contributed by atoms with E-state index in [1.165, 1.54) is 11.9 Å². The fraction of sp³-hybridized carbons (Fsp3) is 0.333. The number of nitrogens with zero attached hydrogens (tertiary/aromatic N) is 5. The van der Waals surface area contributed by atoms with Gasteiger partial charge in [-0.15, -0.1) is 5.10 Å². The predicted molar refractivity (Wildman–Crippen MR) is 108 cm³/mol. The number of nitrogens with one attached hydrogen (secondary N) is 1. The van der Waals surface area contributed by atoms with Gasteiger partial charge < -0.3 is 10.4 Å². The molecule has 1 amide bonds. The van der Waals surface area contributed by atoms with Gasteiger partial charge in [0.25, 0.3) is 0 Å². The number of tetrazole rings is 1. The van der Waals surface area contributed by atoms with Crippen LogP contribution in [0.4, 0.5) is 5.69 Å². The fourth-order valence-corrected chi connectivity index (χ4v) is 3.47. The lowest BCUT2D eigenvalue weighted by atomic mass is 10.1. The molecule has 1 saturated heterocycles. The third-order valence-corrected chi connectivity index (χ3v) is 5.12. The van der Waals surface area contributed by atoms with Crippen LogP contribution >= 0.6 is 0 Å². The number of aliphatic hydroxyl groups is 1. The lowest BCUT2D eigenvalue weighted by molar-refractivity contribution is -0.115. The monoisotopic (exact) mass is 392 g/mol. The van der Waals surface area contributed by atoms with Gasteiger partial charge in [-0.3, -0.25) is 9.69 Å². The molecule has 2 N–H and O–H groups in total. The molecule has 8 nitrogen and oxygen atoms in total. The van der Waals surface area contributed by atoms with Crippen LogP contribution in [0.1, 0.15) is 24.0 Å². The van der Waals surface area contributed by atoms with Crippen LogP contribution < -0.4 is 5.32 Å². The molecule has 29 heavy (non-hydrogen) atoms. The number of piperidine rings is 1. The van der Waals surface area contributed by atoms with Crippen molar-refractivity contribution in [2.75, 3.05) is 18.4 Å². The van der Waals surface area contributed by atoms with Crippen LogP contribution in [0.15, 0.2) is 54.9 Å². The van der Waals surface area contributed by atoms with E-state index < -0.39 is 0 Å². The highest BCUT2D eigenvalue weighted by atomic mass is 16.3. The first-order valence-electron chi connectivity index (χ1n) is 9.77. The van der Waals surface area contributed by atoms with E-state index in [1.807, 2.05) is 48.5 Å². The molecule has 1 aliphatic rings. The summed E-state index contributed by atoms with van der Waals surface area (Å²) in [6, 6.07) is 15.5. The molecule has 0 spiro atoms. The van der Waals surface area contributed by atoms with Crippen molar-refractivity contribution in [3.05, 3.63) is 66.0 Å². The fourth-order valence-electron chi connectivity index (χ4n) is 3.47. The second-order valence-corrected chi connectivity index (χ2v) is 7.35. The van der Waals surface area contributed by atoms with Gasteiger partial charge in [-0.05, 0) is 58.7 Å². The van der Waals surface area contributed by atoms with Crippen molar-refractivity contribution in [1.82, 2.24) is 25.1 Å². The van der Waals surface area contributed by atoms with Gasteiger partial charge in [0, 0.05) is 25.3 Å². The second-order valence-electron chi connectivity index (χ2n) is 7.35. The Morgan fingerprint density at radius 1 is 1.03 bits per heavy atom. The molecule has 2 aromatic carbocycles. The van der Waals surface area contributed by atoms with E-state index in [4.69, 9.17) is 0 Å². The Balaban J connectivity index is 1.28. The van der Waals surface area contributed by atoms with Crippen molar-refractivity contribution in [3.8, 4) is 5.69 Å². The Bertz CT molecular complexity index is 917. The van der Waals surface area contributed by atoms with Crippen LogP contribution in [0.3, 0.4) is 0 Å². The normalized spacial score (nSPS) is 15.3. The van der Waals surface area contributed by atoms with Crippen molar-refractivity contribution in [1.29, 1.82) is 0 Å². The number of amides is 1. The van der Waals surface area contributed by atoms with Gasteiger partial charge in [0.2, 0.25) is 5.91 Å². The van der Waals surface area contributed by atoms with Crippen molar-refractivity contribution in [3.63, 3.8) is 0 Å². The van der Waals surface area contributed by atoms with Gasteiger partial charge in [-0.1, -0.05) is 24.3 Å². The summed E-state index contributed by atoms with van der Waals surface area (Å²) in [5.41, 5.74) is 3.76. The number of hydrogen-bond acceptors (Lipinski definition) is 6. The molecule has 0 unspecified atom stereocenters. The highest BCUT2D eigenvalue weighted by Gasteiger charge is 2.16. The molecule has 0 atom stereocenters. The zero-order valence-electron chi connectivity index (χ0n) is 16.1. The number of benzene rings is 2. The minimum Gasteiger partial charge on any atom is -0.393 e. The van der Waals surface area contributed by atoms with Gasteiger partial charge in [0.05, 0.1) is 18.2 Å². The van der Waals surface area contributed by atoms with Gasteiger partial charge in [-0.25, -0.2) is 4.68 Å². The Morgan fingerprint density at radius 2 is 1.72 bits per heavy atom. The van der Waals surface area contributed by atoms with E-state index in [0.717, 1.165) is 49.4 Å². The smallest absolute Gasteiger partial charge is 0.228 e. The van der Waals surface area contributed by atoms with Crippen molar-refractivity contribution in [2.45, 2.75) is 31.9 Å². The number of hydrogen-bond donors (Lipinski definition) is 2. The van der Waals surface area contributed by atoms with Gasteiger partial charge in [0.1, 0.15) is 6.33 Å². The number of rotatable bonds is 6. The summed E-state index contributed by atoms with van der Waals surface area (Å²) < 4.78 is 1.57. The summed E-state index contributed by atoms with van der Waals surface area (Å²) in [5, 5.41) is 23.6. The summed E-state index contributed by atoms with van der Waals surface area (Å²) in [6.07, 6.45) is 3.35. The van der Waals surface area contributed by atoms with Crippen LogP contribution in [-0.4, -0.2) is 55.3 Å². The molecule has 0 saturated carbocycles. The maximum atomic E-state index is 12.3. The number of anilines is 1. The maximum absolute atomic E-state index is 12.3. The third-order valence-electron chi connectivity index (χ3n) is 5.12.